The molecule has 4 nitrogen and oxygen atoms in total. The Balaban J connectivity index is 2.45. The van der Waals surface area contributed by atoms with Gasteiger partial charge in [0.15, 0.2) is 5.78 Å². The molecular formula is C7H10O4S. The number of hydrogen-bond donors (Lipinski definition) is 1. The van der Waals surface area contributed by atoms with Crippen LogP contribution in [0.1, 0.15) is 13.3 Å². The van der Waals surface area contributed by atoms with E-state index in [1.807, 2.05) is 0 Å². The summed E-state index contributed by atoms with van der Waals surface area (Å²) in [6.07, 6.45) is -0.113. The molecule has 1 saturated heterocycles. The fourth-order valence-electron chi connectivity index (χ4n) is 0.929. The van der Waals surface area contributed by atoms with Crippen LogP contribution in [0.2, 0.25) is 0 Å². The fourth-order valence-corrected chi connectivity index (χ4v) is 1.90. The zero-order valence-corrected chi connectivity index (χ0v) is 7.47. The van der Waals surface area contributed by atoms with Crippen molar-refractivity contribution in [3.8, 4) is 0 Å². The van der Waals surface area contributed by atoms with Gasteiger partial charge in [0, 0.05) is 12.2 Å². The van der Waals surface area contributed by atoms with Gasteiger partial charge >= 0.3 is 5.97 Å². The maximum atomic E-state index is 11.1. The van der Waals surface area contributed by atoms with E-state index in [1.165, 1.54) is 0 Å². The van der Waals surface area contributed by atoms with Crippen LogP contribution in [0.3, 0.4) is 0 Å². The summed E-state index contributed by atoms with van der Waals surface area (Å²) in [7, 11) is 0. The molecule has 1 fully saturated rings. The third-order valence-electron chi connectivity index (χ3n) is 1.60. The molecular weight excluding hydrogens is 180 g/mol. The van der Waals surface area contributed by atoms with Gasteiger partial charge in [0.1, 0.15) is 6.10 Å². The van der Waals surface area contributed by atoms with Gasteiger partial charge in [-0.1, -0.05) is 6.92 Å². The molecule has 0 radical (unpaired) electrons. The van der Waals surface area contributed by atoms with Crippen molar-refractivity contribution in [3.05, 3.63) is 0 Å². The number of ketones is 1. The van der Waals surface area contributed by atoms with Gasteiger partial charge < -0.3 is 9.84 Å². The lowest BCUT2D eigenvalue weighted by atomic mass is 10.2. The van der Waals surface area contributed by atoms with E-state index in [1.54, 1.807) is 6.92 Å². The quantitative estimate of drug-likeness (QED) is 0.702. The van der Waals surface area contributed by atoms with Crippen molar-refractivity contribution in [1.29, 1.82) is 0 Å². The van der Waals surface area contributed by atoms with Crippen LogP contribution in [0.4, 0.5) is 0 Å². The minimum atomic E-state index is -1.01. The number of aliphatic carboxylic acids is 1. The molecule has 1 heterocycles. The average Bonchev–Trinajstić information content (AvgIpc) is 2.51. The molecule has 0 aromatic heterocycles. The highest BCUT2D eigenvalue weighted by Gasteiger charge is 2.34. The van der Waals surface area contributed by atoms with Gasteiger partial charge in [0.2, 0.25) is 5.44 Å². The van der Waals surface area contributed by atoms with Crippen LogP contribution in [0.15, 0.2) is 0 Å². The third kappa shape index (κ3) is 1.98. The van der Waals surface area contributed by atoms with Crippen LogP contribution in [-0.2, 0) is 14.3 Å². The Morgan fingerprint density at radius 2 is 2.33 bits per heavy atom. The standard InChI is InChI=1S/C7H10O4S/c1-2-4(8)5-3-12-7(11-5)6(9)10/h5,7H,2-3H2,1H3,(H,9,10)/t5-,7+/m0/s1. The molecule has 0 saturated carbocycles. The maximum Gasteiger partial charge on any atom is 0.343 e. The Bertz CT molecular complexity index is 204. The second-order valence-corrected chi connectivity index (χ2v) is 3.54. The molecule has 1 aliphatic rings. The first kappa shape index (κ1) is 9.54. The highest BCUT2D eigenvalue weighted by Crippen LogP contribution is 2.26. The van der Waals surface area contributed by atoms with E-state index >= 15 is 0 Å². The van der Waals surface area contributed by atoms with Gasteiger partial charge in [-0.05, 0) is 0 Å². The molecule has 1 rings (SSSR count). The van der Waals surface area contributed by atoms with E-state index < -0.39 is 17.5 Å². The Kier molecular flexibility index (Phi) is 3.11. The van der Waals surface area contributed by atoms with Crippen molar-refractivity contribution in [2.24, 2.45) is 0 Å². The SMILES string of the molecule is CCC(=O)[C@@H]1CS[C@H](C(=O)O)O1. The van der Waals surface area contributed by atoms with Crippen molar-refractivity contribution in [2.45, 2.75) is 24.9 Å². The molecule has 2 atom stereocenters. The van der Waals surface area contributed by atoms with Crippen LogP contribution in [-0.4, -0.2) is 34.2 Å². The molecule has 0 unspecified atom stereocenters. The monoisotopic (exact) mass is 190 g/mol. The highest BCUT2D eigenvalue weighted by atomic mass is 32.2. The molecule has 0 aromatic rings. The number of carbonyl (C=O) groups is 2. The molecule has 1 N–H and O–H groups in total. The number of Topliss-reactive ketones (excluding diaryl/α,β-unsaturated/α-hetero) is 1. The van der Waals surface area contributed by atoms with Gasteiger partial charge in [0.25, 0.3) is 0 Å². The van der Waals surface area contributed by atoms with E-state index in [9.17, 15) is 9.59 Å². The Labute approximate surface area is 74.3 Å². The molecule has 5 heteroatoms. The Morgan fingerprint density at radius 1 is 1.67 bits per heavy atom. The van der Waals surface area contributed by atoms with Gasteiger partial charge in [0.05, 0.1) is 0 Å². The normalized spacial score (nSPS) is 28.8. The predicted octanol–water partition coefficient (Wildman–Crippen LogP) is 0.508. The smallest absolute Gasteiger partial charge is 0.343 e. The molecule has 0 spiro atoms. The zero-order chi connectivity index (χ0) is 9.14. The topological polar surface area (TPSA) is 63.6 Å². The molecule has 1 aliphatic heterocycles. The lowest BCUT2D eigenvalue weighted by molar-refractivity contribution is -0.147. The van der Waals surface area contributed by atoms with Crippen molar-refractivity contribution in [3.63, 3.8) is 0 Å². The molecule has 0 amide bonds. The zero-order valence-electron chi connectivity index (χ0n) is 6.65. The predicted molar refractivity (Wildman–Crippen MR) is 44.1 cm³/mol. The Morgan fingerprint density at radius 3 is 2.75 bits per heavy atom. The van der Waals surface area contributed by atoms with E-state index in [0.717, 1.165) is 11.8 Å². The van der Waals surface area contributed by atoms with Crippen molar-refractivity contribution < 1.29 is 19.4 Å². The summed E-state index contributed by atoms with van der Waals surface area (Å²) in [5, 5.41) is 8.53. The van der Waals surface area contributed by atoms with E-state index in [-0.39, 0.29) is 5.78 Å². The average molecular weight is 190 g/mol. The summed E-state index contributed by atoms with van der Waals surface area (Å²) in [6, 6.07) is 0. The van der Waals surface area contributed by atoms with Crippen LogP contribution < -0.4 is 0 Å². The number of carboxylic acids is 1. The molecule has 0 bridgehead atoms. The summed E-state index contributed by atoms with van der Waals surface area (Å²) in [5.74, 6) is -0.568. The second-order valence-electron chi connectivity index (χ2n) is 2.45. The molecule has 12 heavy (non-hydrogen) atoms. The number of ether oxygens (including phenoxy) is 1. The third-order valence-corrected chi connectivity index (χ3v) is 2.71. The van der Waals surface area contributed by atoms with Gasteiger partial charge in [-0.3, -0.25) is 4.79 Å². The van der Waals surface area contributed by atoms with Crippen LogP contribution >= 0.6 is 11.8 Å². The lowest BCUT2D eigenvalue weighted by Crippen LogP contribution is -2.25. The van der Waals surface area contributed by atoms with Crippen LogP contribution in [0, 0.1) is 0 Å². The molecule has 0 aromatic carbocycles. The number of carboxylic acid groups (broad SMARTS) is 1. The minimum absolute atomic E-state index is 0.0220. The summed E-state index contributed by atoms with van der Waals surface area (Å²) >= 11 is 1.16. The van der Waals surface area contributed by atoms with E-state index in [0.29, 0.717) is 12.2 Å². The first-order valence-corrected chi connectivity index (χ1v) is 4.72. The van der Waals surface area contributed by atoms with Gasteiger partial charge in [-0.2, -0.15) is 0 Å². The van der Waals surface area contributed by atoms with Crippen LogP contribution in [0.5, 0.6) is 0 Å². The van der Waals surface area contributed by atoms with Crippen molar-refractivity contribution in [2.75, 3.05) is 5.75 Å². The minimum Gasteiger partial charge on any atom is -0.479 e. The number of thioether (sulfide) groups is 1. The first-order valence-electron chi connectivity index (χ1n) is 3.67. The summed E-state index contributed by atoms with van der Waals surface area (Å²) in [5.41, 5.74) is -0.856. The van der Waals surface area contributed by atoms with Gasteiger partial charge in [-0.15, -0.1) is 11.8 Å². The van der Waals surface area contributed by atoms with Crippen molar-refractivity contribution >= 4 is 23.5 Å². The number of rotatable bonds is 3. The highest BCUT2D eigenvalue weighted by molar-refractivity contribution is 8.00. The van der Waals surface area contributed by atoms with E-state index in [4.69, 9.17) is 9.84 Å². The van der Waals surface area contributed by atoms with Gasteiger partial charge in [-0.25, -0.2) is 4.79 Å². The molecule has 68 valence electrons. The fraction of sp³-hybridized carbons (Fsp3) is 0.714. The Hall–Kier alpha value is -0.550. The largest absolute Gasteiger partial charge is 0.479 e. The maximum absolute atomic E-state index is 11.1. The lowest BCUT2D eigenvalue weighted by Gasteiger charge is -2.06. The van der Waals surface area contributed by atoms with E-state index in [2.05, 4.69) is 0 Å². The number of hydrogen-bond acceptors (Lipinski definition) is 4. The summed E-state index contributed by atoms with van der Waals surface area (Å²) < 4.78 is 4.99. The summed E-state index contributed by atoms with van der Waals surface area (Å²) in [4.78, 5) is 21.5. The van der Waals surface area contributed by atoms with Crippen molar-refractivity contribution in [1.82, 2.24) is 0 Å². The van der Waals surface area contributed by atoms with Crippen LogP contribution in [0.25, 0.3) is 0 Å². The summed E-state index contributed by atoms with van der Waals surface area (Å²) in [6.45, 7) is 1.74. The second kappa shape index (κ2) is 3.91. The molecule has 0 aliphatic carbocycles. The number of carbonyl (C=O) groups excluding carboxylic acids is 1. The first-order chi connectivity index (χ1) is 5.65.